The molecule has 0 aromatic heterocycles. The van der Waals surface area contributed by atoms with E-state index in [2.05, 4.69) is 0 Å². The SMILES string of the molecule is C[C@@H]1S[C@H](CO)C[C@H]1O. The van der Waals surface area contributed by atoms with Gasteiger partial charge in [0.15, 0.2) is 0 Å². The first-order valence-electron chi connectivity index (χ1n) is 3.18. The predicted octanol–water partition coefficient (Wildman–Crippen LogP) is 0.234. The molecule has 0 bridgehead atoms. The summed E-state index contributed by atoms with van der Waals surface area (Å²) in [5.41, 5.74) is 0. The first-order chi connectivity index (χ1) is 4.24. The van der Waals surface area contributed by atoms with Crippen molar-refractivity contribution in [1.29, 1.82) is 0 Å². The van der Waals surface area contributed by atoms with Crippen molar-refractivity contribution in [2.75, 3.05) is 6.61 Å². The number of hydrogen-bond donors (Lipinski definition) is 2. The number of aliphatic hydroxyl groups is 2. The predicted molar refractivity (Wildman–Crippen MR) is 38.6 cm³/mol. The molecule has 0 amide bonds. The minimum absolute atomic E-state index is 0.200. The second-order valence-corrected chi connectivity index (χ2v) is 4.13. The van der Waals surface area contributed by atoms with E-state index in [1.54, 1.807) is 11.8 Å². The second kappa shape index (κ2) is 2.90. The van der Waals surface area contributed by atoms with Gasteiger partial charge in [-0.3, -0.25) is 0 Å². The standard InChI is InChI=1S/C6H12O2S/c1-4-6(8)2-5(3-7)9-4/h4-8H,2-3H2,1H3/t4-,5-,6+/m0/s1. The first-order valence-corrected chi connectivity index (χ1v) is 4.12. The smallest absolute Gasteiger partial charge is 0.0667 e. The number of aliphatic hydroxyl groups excluding tert-OH is 2. The van der Waals surface area contributed by atoms with Crippen LogP contribution in [-0.4, -0.2) is 33.4 Å². The Bertz CT molecular complexity index is 87.1. The number of rotatable bonds is 1. The first kappa shape index (κ1) is 7.38. The minimum Gasteiger partial charge on any atom is -0.395 e. The Hall–Kier alpha value is 0.270. The van der Waals surface area contributed by atoms with Gasteiger partial charge in [0.1, 0.15) is 0 Å². The zero-order chi connectivity index (χ0) is 6.85. The van der Waals surface area contributed by atoms with Gasteiger partial charge in [-0.2, -0.15) is 11.8 Å². The van der Waals surface area contributed by atoms with E-state index in [1.165, 1.54) is 0 Å². The fourth-order valence-corrected chi connectivity index (χ4v) is 2.32. The van der Waals surface area contributed by atoms with Gasteiger partial charge < -0.3 is 10.2 Å². The highest BCUT2D eigenvalue weighted by Gasteiger charge is 2.29. The summed E-state index contributed by atoms with van der Waals surface area (Å²) in [6, 6.07) is 0. The van der Waals surface area contributed by atoms with Crippen molar-refractivity contribution in [3.05, 3.63) is 0 Å². The molecule has 1 rings (SSSR count). The van der Waals surface area contributed by atoms with Gasteiger partial charge in [0.05, 0.1) is 12.7 Å². The summed E-state index contributed by atoms with van der Waals surface area (Å²) in [6.45, 7) is 2.19. The molecular formula is C6H12O2S. The van der Waals surface area contributed by atoms with Crippen LogP contribution in [0.25, 0.3) is 0 Å². The zero-order valence-electron chi connectivity index (χ0n) is 5.45. The Labute approximate surface area is 59.3 Å². The summed E-state index contributed by atoms with van der Waals surface area (Å²) >= 11 is 1.67. The van der Waals surface area contributed by atoms with Crippen molar-refractivity contribution in [3.8, 4) is 0 Å². The van der Waals surface area contributed by atoms with Crippen LogP contribution < -0.4 is 0 Å². The molecule has 2 nitrogen and oxygen atoms in total. The molecule has 1 fully saturated rings. The van der Waals surface area contributed by atoms with Gasteiger partial charge in [0.25, 0.3) is 0 Å². The van der Waals surface area contributed by atoms with Crippen molar-refractivity contribution in [1.82, 2.24) is 0 Å². The van der Waals surface area contributed by atoms with Gasteiger partial charge >= 0.3 is 0 Å². The van der Waals surface area contributed by atoms with Gasteiger partial charge in [-0.05, 0) is 6.42 Å². The molecule has 1 aliphatic heterocycles. The lowest BCUT2D eigenvalue weighted by Gasteiger charge is -2.03. The van der Waals surface area contributed by atoms with Crippen molar-refractivity contribution in [2.45, 2.75) is 29.9 Å². The largest absolute Gasteiger partial charge is 0.395 e. The Morgan fingerprint density at radius 1 is 1.67 bits per heavy atom. The van der Waals surface area contributed by atoms with Crippen LogP contribution in [0.4, 0.5) is 0 Å². The summed E-state index contributed by atoms with van der Waals surface area (Å²) in [5, 5.41) is 18.4. The van der Waals surface area contributed by atoms with Crippen LogP contribution in [0.1, 0.15) is 13.3 Å². The summed E-state index contributed by atoms with van der Waals surface area (Å²) in [6.07, 6.45) is 0.551. The summed E-state index contributed by atoms with van der Waals surface area (Å²) in [7, 11) is 0. The van der Waals surface area contributed by atoms with E-state index >= 15 is 0 Å². The van der Waals surface area contributed by atoms with Gasteiger partial charge in [-0.15, -0.1) is 0 Å². The van der Waals surface area contributed by atoms with Crippen LogP contribution in [-0.2, 0) is 0 Å². The average Bonchev–Trinajstić information content (AvgIpc) is 2.13. The Morgan fingerprint density at radius 3 is 2.56 bits per heavy atom. The molecule has 0 unspecified atom stereocenters. The molecule has 0 aromatic carbocycles. The maximum Gasteiger partial charge on any atom is 0.0667 e. The molecule has 1 saturated heterocycles. The number of hydrogen-bond acceptors (Lipinski definition) is 3. The monoisotopic (exact) mass is 148 g/mol. The Morgan fingerprint density at radius 2 is 2.33 bits per heavy atom. The molecule has 3 atom stereocenters. The second-order valence-electron chi connectivity index (χ2n) is 2.45. The van der Waals surface area contributed by atoms with E-state index in [0.29, 0.717) is 5.25 Å². The van der Waals surface area contributed by atoms with Gasteiger partial charge in [-0.1, -0.05) is 6.92 Å². The van der Waals surface area contributed by atoms with Crippen molar-refractivity contribution in [2.24, 2.45) is 0 Å². The average molecular weight is 148 g/mol. The van der Waals surface area contributed by atoms with E-state index in [0.717, 1.165) is 6.42 Å². The van der Waals surface area contributed by atoms with Crippen LogP contribution >= 0.6 is 11.8 Å². The summed E-state index contributed by atoms with van der Waals surface area (Å²) < 4.78 is 0. The molecule has 0 radical (unpaired) electrons. The van der Waals surface area contributed by atoms with E-state index in [1.807, 2.05) is 6.92 Å². The fourth-order valence-electron chi connectivity index (χ4n) is 1.03. The lowest BCUT2D eigenvalue weighted by molar-refractivity contribution is 0.165. The zero-order valence-corrected chi connectivity index (χ0v) is 6.27. The van der Waals surface area contributed by atoms with Gasteiger partial charge in [-0.25, -0.2) is 0 Å². The van der Waals surface area contributed by atoms with Crippen LogP contribution in [0.3, 0.4) is 0 Å². The lowest BCUT2D eigenvalue weighted by Crippen LogP contribution is -2.13. The summed E-state index contributed by atoms with van der Waals surface area (Å²) in [5.74, 6) is 0. The summed E-state index contributed by atoms with van der Waals surface area (Å²) in [4.78, 5) is 0. The molecule has 0 spiro atoms. The van der Waals surface area contributed by atoms with Gasteiger partial charge in [0.2, 0.25) is 0 Å². The van der Waals surface area contributed by atoms with Crippen molar-refractivity contribution < 1.29 is 10.2 Å². The molecule has 54 valence electrons. The van der Waals surface area contributed by atoms with Crippen LogP contribution in [0.2, 0.25) is 0 Å². The molecule has 9 heavy (non-hydrogen) atoms. The highest BCUT2D eigenvalue weighted by Crippen LogP contribution is 2.32. The normalized spacial score (nSPS) is 43.7. The van der Waals surface area contributed by atoms with Gasteiger partial charge in [0, 0.05) is 10.5 Å². The molecule has 0 aromatic rings. The maximum atomic E-state index is 9.17. The Kier molecular flexibility index (Phi) is 2.38. The van der Waals surface area contributed by atoms with E-state index < -0.39 is 0 Å². The molecule has 3 heteroatoms. The topological polar surface area (TPSA) is 40.5 Å². The van der Waals surface area contributed by atoms with Crippen molar-refractivity contribution >= 4 is 11.8 Å². The van der Waals surface area contributed by atoms with E-state index in [9.17, 15) is 0 Å². The van der Waals surface area contributed by atoms with E-state index in [-0.39, 0.29) is 18.0 Å². The highest BCUT2D eigenvalue weighted by molar-refractivity contribution is 8.00. The molecule has 0 saturated carbocycles. The molecule has 2 N–H and O–H groups in total. The Balaban J connectivity index is 2.35. The maximum absolute atomic E-state index is 9.17. The molecule has 0 aliphatic carbocycles. The third-order valence-electron chi connectivity index (χ3n) is 1.66. The third kappa shape index (κ3) is 1.60. The lowest BCUT2D eigenvalue weighted by atomic mass is 10.2. The fraction of sp³-hybridized carbons (Fsp3) is 1.00. The van der Waals surface area contributed by atoms with E-state index in [4.69, 9.17) is 10.2 Å². The quantitative estimate of drug-likeness (QED) is 0.559. The van der Waals surface area contributed by atoms with Crippen molar-refractivity contribution in [3.63, 3.8) is 0 Å². The van der Waals surface area contributed by atoms with Crippen LogP contribution in [0.5, 0.6) is 0 Å². The molecule has 1 heterocycles. The minimum atomic E-state index is -0.202. The number of thioether (sulfide) groups is 1. The molecule has 1 aliphatic rings. The molecular weight excluding hydrogens is 136 g/mol. The highest BCUT2D eigenvalue weighted by atomic mass is 32.2. The van der Waals surface area contributed by atoms with Crippen LogP contribution in [0.15, 0.2) is 0 Å². The van der Waals surface area contributed by atoms with Crippen LogP contribution in [0, 0.1) is 0 Å². The third-order valence-corrected chi connectivity index (χ3v) is 3.13.